The van der Waals surface area contributed by atoms with Crippen molar-refractivity contribution in [3.05, 3.63) is 28.8 Å². The van der Waals surface area contributed by atoms with Gasteiger partial charge in [0.05, 0.1) is 10.7 Å². The summed E-state index contributed by atoms with van der Waals surface area (Å²) in [6, 6.07) is 6.45. The zero-order chi connectivity index (χ0) is 14.0. The van der Waals surface area contributed by atoms with Gasteiger partial charge < -0.3 is 10.2 Å². The van der Waals surface area contributed by atoms with Crippen LogP contribution < -0.4 is 10.2 Å². The number of rotatable bonds is 1. The van der Waals surface area contributed by atoms with Gasteiger partial charge in [0.25, 0.3) is 0 Å². The van der Waals surface area contributed by atoms with Crippen molar-refractivity contribution in [2.24, 2.45) is 0 Å². The lowest BCUT2D eigenvalue weighted by atomic mass is 9.81. The van der Waals surface area contributed by atoms with Crippen molar-refractivity contribution in [1.82, 2.24) is 5.32 Å². The van der Waals surface area contributed by atoms with Crippen LogP contribution in [-0.2, 0) is 0 Å². The molecule has 2 nitrogen and oxygen atoms in total. The topological polar surface area (TPSA) is 15.3 Å². The van der Waals surface area contributed by atoms with Crippen molar-refractivity contribution in [1.29, 1.82) is 0 Å². The average Bonchev–Trinajstić information content (AvgIpc) is 2.63. The maximum Gasteiger partial charge on any atom is 0.0642 e. The highest BCUT2D eigenvalue weighted by molar-refractivity contribution is 6.33. The predicted molar refractivity (Wildman–Crippen MR) is 86.8 cm³/mol. The summed E-state index contributed by atoms with van der Waals surface area (Å²) in [5.41, 5.74) is 2.77. The van der Waals surface area contributed by atoms with Gasteiger partial charge in [-0.1, -0.05) is 36.9 Å². The maximum absolute atomic E-state index is 6.48. The normalized spacial score (nSPS) is 22.8. The molecule has 1 heterocycles. The summed E-state index contributed by atoms with van der Waals surface area (Å²) in [6.07, 6.45) is 7.95. The number of hydrogen-bond donors (Lipinski definition) is 1. The summed E-state index contributed by atoms with van der Waals surface area (Å²) in [4.78, 5) is 2.51. The molecule has 0 aromatic heterocycles. The lowest BCUT2D eigenvalue weighted by molar-refractivity contribution is 0.246. The maximum atomic E-state index is 6.48. The zero-order valence-corrected chi connectivity index (χ0v) is 13.2. The molecule has 20 heavy (non-hydrogen) atoms. The van der Waals surface area contributed by atoms with Crippen LogP contribution in [0.2, 0.25) is 5.02 Å². The molecule has 3 rings (SSSR count). The summed E-state index contributed by atoms with van der Waals surface area (Å²) >= 11 is 6.48. The highest BCUT2D eigenvalue weighted by atomic mass is 35.5. The number of halogens is 1. The van der Waals surface area contributed by atoms with Crippen LogP contribution in [-0.4, -0.2) is 25.2 Å². The Morgan fingerprint density at radius 2 is 1.95 bits per heavy atom. The third-order valence-corrected chi connectivity index (χ3v) is 5.16. The van der Waals surface area contributed by atoms with Crippen LogP contribution in [0.3, 0.4) is 0 Å². The molecule has 3 heteroatoms. The van der Waals surface area contributed by atoms with Gasteiger partial charge in [-0.05, 0) is 50.4 Å². The van der Waals surface area contributed by atoms with Crippen molar-refractivity contribution >= 4 is 17.3 Å². The molecule has 2 fully saturated rings. The fourth-order valence-corrected chi connectivity index (χ4v) is 4.12. The minimum atomic E-state index is 0.322. The minimum absolute atomic E-state index is 0.322. The Morgan fingerprint density at radius 1 is 1.15 bits per heavy atom. The quantitative estimate of drug-likeness (QED) is 0.836. The van der Waals surface area contributed by atoms with E-state index in [-0.39, 0.29) is 0 Å². The number of nitrogens with one attached hydrogen (secondary N) is 1. The molecule has 1 spiro atoms. The summed E-state index contributed by atoms with van der Waals surface area (Å²) < 4.78 is 0. The number of nitrogens with zero attached hydrogens (tertiary/aromatic N) is 1. The molecule has 1 aromatic rings. The van der Waals surface area contributed by atoms with E-state index in [9.17, 15) is 0 Å². The van der Waals surface area contributed by atoms with E-state index < -0.39 is 0 Å². The third kappa shape index (κ3) is 2.96. The van der Waals surface area contributed by atoms with Gasteiger partial charge in [-0.15, -0.1) is 0 Å². The van der Waals surface area contributed by atoms with E-state index in [1.807, 2.05) is 0 Å². The monoisotopic (exact) mass is 292 g/mol. The molecule has 1 aromatic carbocycles. The molecular formula is C17H25ClN2. The third-order valence-electron chi connectivity index (χ3n) is 4.85. The summed E-state index contributed by atoms with van der Waals surface area (Å²) in [6.45, 7) is 5.45. The molecule has 0 radical (unpaired) electrons. The molecule has 0 bridgehead atoms. The van der Waals surface area contributed by atoms with Gasteiger partial charge >= 0.3 is 0 Å². The SMILES string of the molecule is Cc1ccc(N2CCCNC3(CCCCC3)C2)c(Cl)c1. The van der Waals surface area contributed by atoms with Crippen molar-refractivity contribution < 1.29 is 0 Å². The largest absolute Gasteiger partial charge is 0.368 e. The predicted octanol–water partition coefficient (Wildman–Crippen LogP) is 4.15. The summed E-state index contributed by atoms with van der Waals surface area (Å²) in [5.74, 6) is 0. The van der Waals surface area contributed by atoms with E-state index in [4.69, 9.17) is 11.6 Å². The molecule has 0 unspecified atom stereocenters. The van der Waals surface area contributed by atoms with Gasteiger partial charge in [0, 0.05) is 18.6 Å². The molecular weight excluding hydrogens is 268 g/mol. The average molecular weight is 293 g/mol. The van der Waals surface area contributed by atoms with Gasteiger partial charge in [0.1, 0.15) is 0 Å². The Bertz CT molecular complexity index is 466. The molecule has 2 aliphatic rings. The first-order valence-electron chi connectivity index (χ1n) is 7.95. The standard InChI is InChI=1S/C17H25ClN2/c1-14-6-7-16(15(18)12-14)20-11-5-10-19-17(13-20)8-3-2-4-9-17/h6-7,12,19H,2-5,8-11,13H2,1H3. The van der Waals surface area contributed by atoms with E-state index in [0.717, 1.165) is 24.7 Å². The van der Waals surface area contributed by atoms with Crippen LogP contribution in [0.4, 0.5) is 5.69 Å². The Kier molecular flexibility index (Phi) is 4.23. The van der Waals surface area contributed by atoms with Gasteiger partial charge in [-0.2, -0.15) is 0 Å². The second-order valence-electron chi connectivity index (χ2n) is 6.50. The highest BCUT2D eigenvalue weighted by Gasteiger charge is 2.35. The molecule has 1 aliphatic carbocycles. The van der Waals surface area contributed by atoms with Crippen molar-refractivity contribution in [2.75, 3.05) is 24.5 Å². The number of benzene rings is 1. The first kappa shape index (κ1) is 14.2. The van der Waals surface area contributed by atoms with Crippen LogP contribution in [0.1, 0.15) is 44.1 Å². The molecule has 0 atom stereocenters. The van der Waals surface area contributed by atoms with Gasteiger partial charge in [0.15, 0.2) is 0 Å². The van der Waals surface area contributed by atoms with E-state index in [1.165, 1.54) is 49.8 Å². The van der Waals surface area contributed by atoms with Gasteiger partial charge in [0.2, 0.25) is 0 Å². The minimum Gasteiger partial charge on any atom is -0.368 e. The summed E-state index contributed by atoms with van der Waals surface area (Å²) in [7, 11) is 0. The first-order valence-corrected chi connectivity index (χ1v) is 8.33. The fraction of sp³-hybridized carbons (Fsp3) is 0.647. The lowest BCUT2D eigenvalue weighted by Gasteiger charge is -2.40. The van der Waals surface area contributed by atoms with E-state index in [0.29, 0.717) is 5.54 Å². The Labute approximate surface area is 127 Å². The van der Waals surface area contributed by atoms with E-state index in [1.54, 1.807) is 0 Å². The van der Waals surface area contributed by atoms with E-state index >= 15 is 0 Å². The van der Waals surface area contributed by atoms with Crippen LogP contribution in [0.15, 0.2) is 18.2 Å². The van der Waals surface area contributed by atoms with Crippen LogP contribution in [0.5, 0.6) is 0 Å². The molecule has 1 saturated carbocycles. The second kappa shape index (κ2) is 5.95. The Balaban J connectivity index is 1.84. The van der Waals surface area contributed by atoms with Crippen LogP contribution in [0.25, 0.3) is 0 Å². The van der Waals surface area contributed by atoms with Crippen molar-refractivity contribution in [3.63, 3.8) is 0 Å². The van der Waals surface area contributed by atoms with Crippen LogP contribution in [0, 0.1) is 6.92 Å². The molecule has 0 amide bonds. The number of hydrogen-bond acceptors (Lipinski definition) is 2. The smallest absolute Gasteiger partial charge is 0.0642 e. The van der Waals surface area contributed by atoms with E-state index in [2.05, 4.69) is 35.3 Å². The number of aryl methyl sites for hydroxylation is 1. The van der Waals surface area contributed by atoms with Crippen molar-refractivity contribution in [2.45, 2.75) is 51.0 Å². The first-order chi connectivity index (χ1) is 9.69. The van der Waals surface area contributed by atoms with Crippen LogP contribution >= 0.6 is 11.6 Å². The molecule has 1 saturated heterocycles. The fourth-order valence-electron chi connectivity index (χ4n) is 3.76. The van der Waals surface area contributed by atoms with Crippen molar-refractivity contribution in [3.8, 4) is 0 Å². The molecule has 110 valence electrons. The highest BCUT2D eigenvalue weighted by Crippen LogP contribution is 2.34. The number of anilines is 1. The van der Waals surface area contributed by atoms with Gasteiger partial charge in [-0.25, -0.2) is 0 Å². The zero-order valence-electron chi connectivity index (χ0n) is 12.4. The second-order valence-corrected chi connectivity index (χ2v) is 6.90. The lowest BCUT2D eigenvalue weighted by Crippen LogP contribution is -2.52. The van der Waals surface area contributed by atoms with Gasteiger partial charge in [-0.3, -0.25) is 0 Å². The molecule has 1 aliphatic heterocycles. The Hall–Kier alpha value is -0.730. The molecule has 1 N–H and O–H groups in total. The Morgan fingerprint density at radius 3 is 2.70 bits per heavy atom. The summed E-state index contributed by atoms with van der Waals surface area (Å²) in [5, 5.41) is 4.74.